The normalized spacial score (nSPS) is 55.8. The van der Waals surface area contributed by atoms with Crippen molar-refractivity contribution in [2.45, 2.75) is 116 Å². The smallest absolute Gasteiger partial charge is 0.343 e. The molecule has 48 heavy (non-hydrogen) atoms. The number of aliphatic hydroxyl groups excluding tert-OH is 2. The van der Waals surface area contributed by atoms with Crippen LogP contribution in [0.5, 0.6) is 0 Å². The van der Waals surface area contributed by atoms with Crippen molar-refractivity contribution in [3.63, 3.8) is 0 Å². The third-order valence-corrected chi connectivity index (χ3v) is 14.0. The van der Waals surface area contributed by atoms with E-state index in [9.17, 15) is 44.4 Å². The third kappa shape index (κ3) is 3.68. The van der Waals surface area contributed by atoms with Crippen molar-refractivity contribution >= 4 is 29.7 Å². The maximum atomic E-state index is 14.7. The van der Waals surface area contributed by atoms with E-state index in [1.54, 1.807) is 19.9 Å². The van der Waals surface area contributed by atoms with Crippen LogP contribution in [-0.4, -0.2) is 104 Å². The molecule has 2 aliphatic heterocycles. The predicted octanol–water partition coefficient (Wildman–Crippen LogP) is -0.0433. The molecule has 5 aliphatic carbocycles. The fourth-order valence-corrected chi connectivity index (χ4v) is 11.8. The summed E-state index contributed by atoms with van der Waals surface area (Å²) >= 11 is 0. The molecule has 0 amide bonds. The SMILES string of the molecule is CC(=O)O[C@@H]1[C@H]2[C@H]3[C@H]([C@H](OC(C)=O)[C@H](O)[C@]2(C)[C@@H]2[C@@H]1[C@]1(C)C(=C[C@H]2C)OC(=O)[C@@]1(C)O)[C@@]1(C)[C@@H](O)[C@H]2O[C@H]2C[C@]1(O)C(=O)[C@@H]3OC(C)=O. The highest BCUT2D eigenvalue weighted by Crippen LogP contribution is 2.76. The number of epoxide rings is 1. The molecule has 0 aromatic heterocycles. The Balaban J connectivity index is 1.53. The Bertz CT molecular complexity index is 1550. The van der Waals surface area contributed by atoms with Gasteiger partial charge in [0.2, 0.25) is 5.78 Å². The molecule has 264 valence electrons. The summed E-state index contributed by atoms with van der Waals surface area (Å²) in [5.74, 6) is -9.65. The van der Waals surface area contributed by atoms with E-state index in [1.165, 1.54) is 20.8 Å². The minimum Gasteiger partial charge on any atom is -0.462 e. The molecule has 14 nitrogen and oxygen atoms in total. The number of allylic oxidation sites excluding steroid dienone is 1. The molecule has 0 aromatic carbocycles. The number of carbonyl (C=O) groups is 5. The van der Waals surface area contributed by atoms with Crippen LogP contribution in [0.3, 0.4) is 0 Å². The van der Waals surface area contributed by atoms with E-state index in [1.807, 2.05) is 6.92 Å². The molecule has 4 saturated carbocycles. The Morgan fingerprint density at radius 3 is 2.00 bits per heavy atom. The summed E-state index contributed by atoms with van der Waals surface area (Å²) in [6, 6.07) is 0. The summed E-state index contributed by atoms with van der Waals surface area (Å²) < 4.78 is 29.2. The first kappa shape index (κ1) is 33.6. The van der Waals surface area contributed by atoms with E-state index < -0.39 is 135 Å². The Morgan fingerprint density at radius 2 is 1.42 bits per heavy atom. The summed E-state index contributed by atoms with van der Waals surface area (Å²) in [5, 5.41) is 48.8. The number of hydrogen-bond acceptors (Lipinski definition) is 14. The fourth-order valence-electron chi connectivity index (χ4n) is 11.8. The van der Waals surface area contributed by atoms with Gasteiger partial charge in [-0.15, -0.1) is 0 Å². The predicted molar refractivity (Wildman–Crippen MR) is 158 cm³/mol. The van der Waals surface area contributed by atoms with Gasteiger partial charge < -0.3 is 44.1 Å². The van der Waals surface area contributed by atoms with Crippen LogP contribution in [0.2, 0.25) is 0 Å². The van der Waals surface area contributed by atoms with E-state index >= 15 is 0 Å². The van der Waals surface area contributed by atoms with E-state index in [-0.39, 0.29) is 12.2 Å². The molecule has 2 saturated heterocycles. The van der Waals surface area contributed by atoms with Gasteiger partial charge in [-0.2, -0.15) is 0 Å². The molecular weight excluding hydrogens is 632 g/mol. The Kier molecular flexibility index (Phi) is 6.90. The van der Waals surface area contributed by atoms with Crippen molar-refractivity contribution in [2.24, 2.45) is 51.8 Å². The van der Waals surface area contributed by atoms with Gasteiger partial charge >= 0.3 is 23.9 Å². The molecule has 0 unspecified atom stereocenters. The van der Waals surface area contributed by atoms with Crippen molar-refractivity contribution < 1.29 is 68.1 Å². The maximum absolute atomic E-state index is 14.7. The van der Waals surface area contributed by atoms with Crippen LogP contribution in [0.15, 0.2) is 11.8 Å². The fraction of sp³-hybridized carbons (Fsp3) is 0.794. The van der Waals surface area contributed by atoms with Gasteiger partial charge in [-0.25, -0.2) is 4.79 Å². The second kappa shape index (κ2) is 9.87. The largest absolute Gasteiger partial charge is 0.462 e. The lowest BCUT2D eigenvalue weighted by Gasteiger charge is -2.66. The molecule has 6 fully saturated rings. The lowest BCUT2D eigenvalue weighted by molar-refractivity contribution is -0.294. The maximum Gasteiger partial charge on any atom is 0.343 e. The highest BCUT2D eigenvalue weighted by atomic mass is 16.6. The zero-order valence-corrected chi connectivity index (χ0v) is 28.2. The Morgan fingerprint density at radius 1 is 0.833 bits per heavy atom. The monoisotopic (exact) mass is 676 g/mol. The molecule has 0 aromatic rings. The molecule has 7 rings (SSSR count). The number of ketones is 1. The van der Waals surface area contributed by atoms with E-state index in [4.69, 9.17) is 23.7 Å². The summed E-state index contributed by atoms with van der Waals surface area (Å²) in [5.41, 5.74) is -9.21. The topological polar surface area (TPSA) is 216 Å². The van der Waals surface area contributed by atoms with Gasteiger partial charge in [0.1, 0.15) is 29.7 Å². The summed E-state index contributed by atoms with van der Waals surface area (Å²) in [6.45, 7) is 11.4. The second-order valence-corrected chi connectivity index (χ2v) is 16.0. The van der Waals surface area contributed by atoms with Crippen molar-refractivity contribution in [1.29, 1.82) is 0 Å². The molecular formula is C34H44O14. The van der Waals surface area contributed by atoms with Gasteiger partial charge in [-0.3, -0.25) is 19.2 Å². The minimum atomic E-state index is -2.34. The van der Waals surface area contributed by atoms with Crippen molar-refractivity contribution in [3.8, 4) is 0 Å². The zero-order valence-electron chi connectivity index (χ0n) is 28.2. The molecule has 2 heterocycles. The van der Waals surface area contributed by atoms with Crippen LogP contribution < -0.4 is 0 Å². The van der Waals surface area contributed by atoms with Crippen LogP contribution in [-0.2, 0) is 47.7 Å². The number of esters is 4. The van der Waals surface area contributed by atoms with Gasteiger partial charge in [-0.1, -0.05) is 20.8 Å². The zero-order chi connectivity index (χ0) is 35.4. The standard InChI is InChI=1S/C34H44O14/c1-11-9-16-31(6,33(8,42)29(41)48-16)21-18(11)30(5)19(24(21)45-13(3)36)17-20(25(26(30)38)46-14(4)37)32(7)27(39)22-15(47-22)10-34(32,43)28(40)23(17)44-12(2)35/h9,11,15,17-27,38-39,42-43H,10H2,1-8H3/t11-,15+,17+,18+,19-,20-,21+,22+,23-,24-,25+,26+,27+,30-,31+,32+,33-,34+/m1/s1. The molecule has 0 spiro atoms. The van der Waals surface area contributed by atoms with Gasteiger partial charge in [0, 0.05) is 61.7 Å². The first-order chi connectivity index (χ1) is 22.1. The average Bonchev–Trinajstić information content (AvgIpc) is 3.65. The van der Waals surface area contributed by atoms with Crippen molar-refractivity contribution in [2.75, 3.05) is 0 Å². The number of carbonyl (C=O) groups excluding carboxylic acids is 5. The lowest BCUT2D eigenvalue weighted by atomic mass is 9.40. The third-order valence-electron chi connectivity index (χ3n) is 14.0. The average molecular weight is 677 g/mol. The first-order valence-electron chi connectivity index (χ1n) is 16.6. The van der Waals surface area contributed by atoms with Gasteiger partial charge in [0.05, 0.1) is 23.7 Å². The quantitative estimate of drug-likeness (QED) is 0.175. The number of fused-ring (bicyclic) bond motifs is 10. The number of Topliss-reactive ketones (excluding diaryl/α,β-unsaturated/α-hetero) is 1. The molecule has 0 bridgehead atoms. The van der Waals surface area contributed by atoms with Crippen LogP contribution in [0.4, 0.5) is 0 Å². The van der Waals surface area contributed by atoms with E-state index in [2.05, 4.69) is 0 Å². The first-order valence-corrected chi connectivity index (χ1v) is 16.6. The van der Waals surface area contributed by atoms with Crippen molar-refractivity contribution in [3.05, 3.63) is 11.8 Å². The molecule has 7 aliphatic rings. The number of rotatable bonds is 3. The van der Waals surface area contributed by atoms with Crippen LogP contribution in [0.1, 0.15) is 61.8 Å². The number of ether oxygens (including phenoxy) is 5. The van der Waals surface area contributed by atoms with Crippen LogP contribution >= 0.6 is 0 Å². The highest BCUT2D eigenvalue weighted by Gasteiger charge is 2.85. The molecule has 18 atom stereocenters. The second-order valence-electron chi connectivity index (χ2n) is 16.0. The van der Waals surface area contributed by atoms with Gasteiger partial charge in [0.25, 0.3) is 0 Å². The van der Waals surface area contributed by atoms with E-state index in [0.717, 1.165) is 13.8 Å². The van der Waals surface area contributed by atoms with Gasteiger partial charge in [0.15, 0.2) is 11.7 Å². The van der Waals surface area contributed by atoms with E-state index in [0.29, 0.717) is 0 Å². The molecule has 4 N–H and O–H groups in total. The number of aliphatic hydroxyl groups is 4. The molecule has 14 heteroatoms. The summed E-state index contributed by atoms with van der Waals surface area (Å²) in [6.07, 6.45) is -7.39. The van der Waals surface area contributed by atoms with Crippen molar-refractivity contribution in [1.82, 2.24) is 0 Å². The minimum absolute atomic E-state index is 0.172. The lowest BCUT2D eigenvalue weighted by Crippen LogP contribution is -2.80. The van der Waals surface area contributed by atoms with Gasteiger partial charge in [-0.05, 0) is 31.8 Å². The van der Waals surface area contributed by atoms with Crippen LogP contribution in [0, 0.1) is 51.8 Å². The summed E-state index contributed by atoms with van der Waals surface area (Å²) in [4.78, 5) is 66.5. The Labute approximate surface area is 277 Å². The van der Waals surface area contributed by atoms with Crippen LogP contribution in [0.25, 0.3) is 0 Å². The summed E-state index contributed by atoms with van der Waals surface area (Å²) in [7, 11) is 0. The Hall–Kier alpha value is -2.91. The number of hydrogen-bond donors (Lipinski definition) is 4. The molecule has 0 radical (unpaired) electrons. The highest BCUT2D eigenvalue weighted by molar-refractivity contribution is 5.95.